The van der Waals surface area contributed by atoms with E-state index in [1.807, 2.05) is 0 Å². The van der Waals surface area contributed by atoms with Gasteiger partial charge in [0.15, 0.2) is 0 Å². The molecule has 0 heterocycles. The molecule has 0 rings (SSSR count). The van der Waals surface area contributed by atoms with Gasteiger partial charge in [0.1, 0.15) is 0 Å². The molecule has 0 aliphatic rings. The fourth-order valence-electron chi connectivity index (χ4n) is 0. The SMILES string of the molecule is O.[InH3].[Zn].[Zn]. The quantitative estimate of drug-likeness (QED) is 0.454. The van der Waals surface area contributed by atoms with Gasteiger partial charge in [-0.3, -0.25) is 0 Å². The van der Waals surface area contributed by atoms with Crippen molar-refractivity contribution >= 4 is 25.8 Å². The van der Waals surface area contributed by atoms with E-state index in [0.29, 0.717) is 0 Å². The summed E-state index contributed by atoms with van der Waals surface area (Å²) in [6, 6.07) is 0. The first-order valence-electron chi connectivity index (χ1n) is 0. The Hall–Kier alpha value is 2.08. The molecule has 0 saturated carbocycles. The second-order valence-corrected chi connectivity index (χ2v) is 0. The topological polar surface area (TPSA) is 31.5 Å². The summed E-state index contributed by atoms with van der Waals surface area (Å²) in [4.78, 5) is 0. The minimum atomic E-state index is 0. The molecule has 0 unspecified atom stereocenters. The van der Waals surface area contributed by atoms with Crippen molar-refractivity contribution in [2.75, 3.05) is 0 Å². The number of hydrogen-bond donors (Lipinski definition) is 0. The maximum Gasteiger partial charge on any atom is 0 e. The van der Waals surface area contributed by atoms with E-state index < -0.39 is 0 Å². The molecule has 0 radical (unpaired) electrons. The summed E-state index contributed by atoms with van der Waals surface area (Å²) in [6.07, 6.45) is 0. The third-order valence-corrected chi connectivity index (χ3v) is 0. The van der Waals surface area contributed by atoms with Crippen LogP contribution in [0.1, 0.15) is 0 Å². The van der Waals surface area contributed by atoms with Crippen LogP contribution in [-0.4, -0.2) is 31.3 Å². The van der Waals surface area contributed by atoms with Crippen molar-refractivity contribution in [1.82, 2.24) is 0 Å². The third kappa shape index (κ3) is 8.95. The standard InChI is InChI=1S/In.H2O.2Zn.3H/h;1H2;;;;;. The number of hydrogen-bond acceptors (Lipinski definition) is 0. The van der Waals surface area contributed by atoms with Gasteiger partial charge < -0.3 is 5.48 Å². The smallest absolute Gasteiger partial charge is 0 e. The van der Waals surface area contributed by atoms with Gasteiger partial charge in [0.05, 0.1) is 0 Å². The average Bonchev–Trinajstić information content (AvgIpc) is 0. The van der Waals surface area contributed by atoms with Crippen molar-refractivity contribution in [2.45, 2.75) is 0 Å². The van der Waals surface area contributed by atoms with E-state index in [9.17, 15) is 0 Å². The molecule has 4 heteroatoms. The second kappa shape index (κ2) is 19.6. The van der Waals surface area contributed by atoms with Gasteiger partial charge in [-0.25, -0.2) is 0 Å². The van der Waals surface area contributed by atoms with Gasteiger partial charge in [-0.05, 0) is 0 Å². The summed E-state index contributed by atoms with van der Waals surface area (Å²) in [7, 11) is 0. The van der Waals surface area contributed by atoms with Gasteiger partial charge in [0, 0.05) is 39.0 Å². The van der Waals surface area contributed by atoms with Crippen LogP contribution in [-0.2, 0) is 39.0 Å². The summed E-state index contributed by atoms with van der Waals surface area (Å²) >= 11 is 0. The Morgan fingerprint density at radius 1 is 0.750 bits per heavy atom. The normalized spacial score (nSPS) is 0. The molecular formula is H5InOZn2. The van der Waals surface area contributed by atoms with E-state index in [4.69, 9.17) is 0 Å². The van der Waals surface area contributed by atoms with Crippen molar-refractivity contribution in [3.8, 4) is 0 Å². The maximum atomic E-state index is 0. The molecule has 0 aliphatic carbocycles. The fraction of sp³-hybridized carbons (Fsp3) is 0. The first-order chi connectivity index (χ1) is 0. The van der Waals surface area contributed by atoms with Gasteiger partial charge in [-0.1, -0.05) is 0 Å². The van der Waals surface area contributed by atoms with Gasteiger partial charge >= 0.3 is 25.8 Å². The monoisotopic (exact) mass is 264 g/mol. The van der Waals surface area contributed by atoms with Crippen molar-refractivity contribution in [3.05, 3.63) is 0 Å². The van der Waals surface area contributed by atoms with Crippen LogP contribution >= 0.6 is 0 Å². The van der Waals surface area contributed by atoms with Crippen LogP contribution in [0.2, 0.25) is 0 Å². The summed E-state index contributed by atoms with van der Waals surface area (Å²) in [5.41, 5.74) is 0. The maximum absolute atomic E-state index is 0. The van der Waals surface area contributed by atoms with Crippen molar-refractivity contribution in [2.24, 2.45) is 0 Å². The Labute approximate surface area is 69.5 Å². The van der Waals surface area contributed by atoms with E-state index in [2.05, 4.69) is 0 Å². The Bertz CT molecular complexity index is 6.00. The van der Waals surface area contributed by atoms with E-state index in [1.165, 1.54) is 0 Å². The van der Waals surface area contributed by atoms with Crippen LogP contribution < -0.4 is 0 Å². The van der Waals surface area contributed by atoms with E-state index in [0.717, 1.165) is 0 Å². The molecule has 0 aliphatic heterocycles. The molecule has 0 aromatic heterocycles. The zero-order valence-electron chi connectivity index (χ0n) is 1.91. The zero-order chi connectivity index (χ0) is 0. The minimum absolute atomic E-state index is 0. The summed E-state index contributed by atoms with van der Waals surface area (Å²) in [5, 5.41) is 0. The Morgan fingerprint density at radius 2 is 0.750 bits per heavy atom. The van der Waals surface area contributed by atoms with Crippen LogP contribution in [0.4, 0.5) is 0 Å². The predicted octanol–water partition coefficient (Wildman–Crippen LogP) is -2.01. The van der Waals surface area contributed by atoms with E-state index >= 15 is 0 Å². The molecule has 18 valence electrons. The Kier molecular flexibility index (Phi) is 178. The third-order valence-electron chi connectivity index (χ3n) is 0. The van der Waals surface area contributed by atoms with Crippen molar-refractivity contribution < 1.29 is 44.4 Å². The van der Waals surface area contributed by atoms with Crippen LogP contribution in [0.25, 0.3) is 0 Å². The fourth-order valence-corrected chi connectivity index (χ4v) is 0. The average molecular weight is 267 g/mol. The minimum Gasteiger partial charge on any atom is 0 e. The van der Waals surface area contributed by atoms with Crippen LogP contribution in [0, 0.1) is 0 Å². The van der Waals surface area contributed by atoms with Crippen LogP contribution in [0.3, 0.4) is 0 Å². The predicted molar refractivity (Wildman–Crippen MR) is 13.6 cm³/mol. The Morgan fingerprint density at radius 3 is 0.750 bits per heavy atom. The zero-order valence-corrected chi connectivity index (χ0v) is 7.85. The van der Waals surface area contributed by atoms with Gasteiger partial charge in [-0.2, -0.15) is 0 Å². The molecule has 2 N–H and O–H groups in total. The first-order valence-corrected chi connectivity index (χ1v) is 0. The summed E-state index contributed by atoms with van der Waals surface area (Å²) in [6.45, 7) is 0. The molecular weight excluding hydrogens is 262 g/mol. The number of rotatable bonds is 0. The summed E-state index contributed by atoms with van der Waals surface area (Å²) in [5.74, 6) is 0. The van der Waals surface area contributed by atoms with Gasteiger partial charge in [-0.15, -0.1) is 0 Å². The van der Waals surface area contributed by atoms with E-state index in [1.54, 1.807) is 0 Å². The van der Waals surface area contributed by atoms with Crippen molar-refractivity contribution in [3.63, 3.8) is 0 Å². The molecule has 0 bridgehead atoms. The summed E-state index contributed by atoms with van der Waals surface area (Å²) < 4.78 is 0. The molecule has 0 saturated heterocycles. The van der Waals surface area contributed by atoms with Gasteiger partial charge in [0.25, 0.3) is 0 Å². The van der Waals surface area contributed by atoms with Crippen LogP contribution in [0.15, 0.2) is 0 Å². The van der Waals surface area contributed by atoms with E-state index in [-0.39, 0.29) is 70.3 Å². The molecule has 0 atom stereocenters. The molecule has 0 aromatic rings. The van der Waals surface area contributed by atoms with Crippen LogP contribution in [0.5, 0.6) is 0 Å². The molecule has 0 spiro atoms. The molecule has 1 nitrogen and oxygen atoms in total. The Balaban J connectivity index is 0. The van der Waals surface area contributed by atoms with Gasteiger partial charge in [0.2, 0.25) is 0 Å². The van der Waals surface area contributed by atoms with Crippen molar-refractivity contribution in [1.29, 1.82) is 0 Å². The second-order valence-electron chi connectivity index (χ2n) is 0. The largest absolute Gasteiger partial charge is 0 e. The molecule has 0 amide bonds. The first kappa shape index (κ1) is 36.3. The molecule has 4 heavy (non-hydrogen) atoms. The molecule has 0 aromatic carbocycles. The molecule has 0 fully saturated rings.